The van der Waals surface area contributed by atoms with Gasteiger partial charge in [0.05, 0.1) is 6.04 Å². The zero-order chi connectivity index (χ0) is 14.4. The van der Waals surface area contributed by atoms with Gasteiger partial charge in [0.2, 0.25) is 0 Å². The molecule has 3 nitrogen and oxygen atoms in total. The molecule has 2 rings (SSSR count). The van der Waals surface area contributed by atoms with Gasteiger partial charge in [0.25, 0.3) is 0 Å². The van der Waals surface area contributed by atoms with E-state index in [1.54, 1.807) is 7.11 Å². The Bertz CT molecular complexity index is 539. The van der Waals surface area contributed by atoms with Crippen LogP contribution < -0.4 is 5.32 Å². The molecule has 1 N–H and O–H groups in total. The van der Waals surface area contributed by atoms with Crippen LogP contribution in [0.1, 0.15) is 22.0 Å². The molecule has 2 unspecified atom stereocenters. The second-order valence-electron chi connectivity index (χ2n) is 4.56. The Morgan fingerprint density at radius 1 is 1.00 bits per heavy atom. The van der Waals surface area contributed by atoms with E-state index in [1.807, 2.05) is 67.7 Å². The summed E-state index contributed by atoms with van der Waals surface area (Å²) in [4.78, 5) is 12.6. The van der Waals surface area contributed by atoms with Crippen LogP contribution >= 0.6 is 0 Å². The lowest BCUT2D eigenvalue weighted by molar-refractivity contribution is 0.0484. The van der Waals surface area contributed by atoms with Gasteiger partial charge in [-0.05, 0) is 12.6 Å². The average molecular weight is 269 g/mol. The number of ether oxygens (including phenoxy) is 1. The number of Topliss-reactive ketones (excluding diaryl/α,β-unsaturated/α-hetero) is 1. The van der Waals surface area contributed by atoms with Crippen molar-refractivity contribution >= 4 is 5.78 Å². The molecule has 0 amide bonds. The van der Waals surface area contributed by atoms with E-state index in [2.05, 4.69) is 5.32 Å². The van der Waals surface area contributed by atoms with Gasteiger partial charge in [0, 0.05) is 12.7 Å². The highest BCUT2D eigenvalue weighted by Gasteiger charge is 2.29. The predicted octanol–water partition coefficient (Wildman–Crippen LogP) is 2.85. The van der Waals surface area contributed by atoms with Gasteiger partial charge >= 0.3 is 0 Å². The Labute approximate surface area is 119 Å². The van der Waals surface area contributed by atoms with Gasteiger partial charge in [-0.15, -0.1) is 0 Å². The van der Waals surface area contributed by atoms with Crippen molar-refractivity contribution in [1.82, 2.24) is 5.32 Å². The molecule has 0 radical (unpaired) electrons. The number of methoxy groups -OCH3 is 1. The third-order valence-corrected chi connectivity index (χ3v) is 3.34. The molecule has 0 spiro atoms. The summed E-state index contributed by atoms with van der Waals surface area (Å²) in [5.74, 6) is -0.0173. The molecule has 0 saturated carbocycles. The third kappa shape index (κ3) is 3.13. The molecule has 0 aliphatic carbocycles. The van der Waals surface area contributed by atoms with E-state index in [-0.39, 0.29) is 11.8 Å². The first kappa shape index (κ1) is 14.4. The first-order valence-electron chi connectivity index (χ1n) is 6.62. The van der Waals surface area contributed by atoms with Crippen molar-refractivity contribution in [1.29, 1.82) is 0 Å². The highest BCUT2D eigenvalue weighted by Crippen LogP contribution is 2.21. The van der Waals surface area contributed by atoms with Crippen molar-refractivity contribution < 1.29 is 9.53 Å². The molecule has 0 fully saturated rings. The highest BCUT2D eigenvalue weighted by atomic mass is 16.5. The summed E-state index contributed by atoms with van der Waals surface area (Å²) in [7, 11) is 3.40. The summed E-state index contributed by atoms with van der Waals surface area (Å²) >= 11 is 0. The fraction of sp³-hybridized carbons (Fsp3) is 0.235. The second kappa shape index (κ2) is 6.98. The van der Waals surface area contributed by atoms with Gasteiger partial charge in [-0.2, -0.15) is 0 Å². The van der Waals surface area contributed by atoms with Gasteiger partial charge < -0.3 is 10.1 Å². The minimum absolute atomic E-state index is 0.0173. The van der Waals surface area contributed by atoms with E-state index in [4.69, 9.17) is 4.74 Å². The van der Waals surface area contributed by atoms with E-state index in [0.717, 1.165) is 5.56 Å². The zero-order valence-corrected chi connectivity index (χ0v) is 11.7. The minimum atomic E-state index is -0.551. The largest absolute Gasteiger partial charge is 0.371 e. The van der Waals surface area contributed by atoms with Crippen LogP contribution in [0.3, 0.4) is 0 Å². The zero-order valence-electron chi connectivity index (χ0n) is 11.7. The summed E-state index contributed by atoms with van der Waals surface area (Å²) in [6, 6.07) is 18.9. The maximum absolute atomic E-state index is 12.6. The quantitative estimate of drug-likeness (QED) is 0.819. The summed E-state index contributed by atoms with van der Waals surface area (Å²) in [5.41, 5.74) is 1.70. The Kier molecular flexibility index (Phi) is 5.04. The van der Waals surface area contributed by atoms with Crippen LogP contribution in [-0.2, 0) is 4.74 Å². The molecule has 0 aliphatic heterocycles. The molecule has 0 saturated heterocycles. The molecular formula is C17H19NO2. The molecular weight excluding hydrogens is 250 g/mol. The number of benzene rings is 2. The number of ketones is 1. The van der Waals surface area contributed by atoms with Crippen molar-refractivity contribution in [2.75, 3.05) is 14.2 Å². The van der Waals surface area contributed by atoms with Crippen molar-refractivity contribution in [3.05, 3.63) is 71.8 Å². The predicted molar refractivity (Wildman–Crippen MR) is 79.8 cm³/mol. The highest BCUT2D eigenvalue weighted by molar-refractivity contribution is 6.00. The van der Waals surface area contributed by atoms with Crippen LogP contribution in [0.2, 0.25) is 0 Å². The number of rotatable bonds is 6. The van der Waals surface area contributed by atoms with Crippen molar-refractivity contribution in [3.63, 3.8) is 0 Å². The number of hydrogen-bond acceptors (Lipinski definition) is 3. The van der Waals surface area contributed by atoms with Crippen LogP contribution in [0.4, 0.5) is 0 Å². The fourth-order valence-electron chi connectivity index (χ4n) is 2.31. The van der Waals surface area contributed by atoms with Crippen molar-refractivity contribution in [3.8, 4) is 0 Å². The standard InChI is InChI=1S/C17H19NO2/c1-18-15(13-9-5-3-6-10-13)17(20-2)16(19)14-11-7-4-8-12-14/h3-12,15,17-18H,1-2H3. The monoisotopic (exact) mass is 269 g/mol. The Morgan fingerprint density at radius 2 is 1.55 bits per heavy atom. The number of carbonyl (C=O) groups excluding carboxylic acids is 1. The lowest BCUT2D eigenvalue weighted by Crippen LogP contribution is -2.37. The van der Waals surface area contributed by atoms with E-state index in [0.29, 0.717) is 5.56 Å². The lowest BCUT2D eigenvalue weighted by atomic mass is 9.95. The summed E-state index contributed by atoms with van der Waals surface area (Å²) < 4.78 is 5.46. The van der Waals surface area contributed by atoms with Crippen LogP contribution in [-0.4, -0.2) is 26.0 Å². The number of nitrogens with one attached hydrogen (secondary N) is 1. The second-order valence-corrected chi connectivity index (χ2v) is 4.56. The SMILES string of the molecule is CNC(c1ccccc1)C(OC)C(=O)c1ccccc1. The number of likely N-dealkylation sites (N-methyl/N-ethyl adjacent to an activating group) is 1. The number of carbonyl (C=O) groups is 1. The van der Waals surface area contributed by atoms with Crippen molar-refractivity contribution in [2.24, 2.45) is 0 Å². The van der Waals surface area contributed by atoms with E-state index < -0.39 is 6.10 Å². The smallest absolute Gasteiger partial charge is 0.193 e. The van der Waals surface area contributed by atoms with Gasteiger partial charge in [-0.25, -0.2) is 0 Å². The summed E-state index contributed by atoms with van der Waals surface area (Å²) in [6.07, 6.45) is -0.551. The Balaban J connectivity index is 2.29. The number of hydrogen-bond donors (Lipinski definition) is 1. The molecule has 2 atom stereocenters. The minimum Gasteiger partial charge on any atom is -0.371 e. The molecule has 20 heavy (non-hydrogen) atoms. The van der Waals surface area contributed by atoms with Crippen LogP contribution in [0, 0.1) is 0 Å². The first-order valence-corrected chi connectivity index (χ1v) is 6.62. The molecule has 104 valence electrons. The molecule has 2 aromatic carbocycles. The average Bonchev–Trinajstić information content (AvgIpc) is 2.53. The summed E-state index contributed by atoms with van der Waals surface area (Å²) in [5, 5.41) is 3.17. The van der Waals surface area contributed by atoms with Crippen LogP contribution in [0.15, 0.2) is 60.7 Å². The third-order valence-electron chi connectivity index (χ3n) is 3.34. The van der Waals surface area contributed by atoms with Gasteiger partial charge in [0.1, 0.15) is 6.10 Å². The Hall–Kier alpha value is -1.97. The van der Waals surface area contributed by atoms with Crippen LogP contribution in [0.5, 0.6) is 0 Å². The Morgan fingerprint density at radius 3 is 2.05 bits per heavy atom. The normalized spacial score (nSPS) is 13.7. The maximum atomic E-state index is 12.6. The molecule has 0 heterocycles. The topological polar surface area (TPSA) is 38.3 Å². The van der Waals surface area contributed by atoms with Gasteiger partial charge in [-0.1, -0.05) is 60.7 Å². The maximum Gasteiger partial charge on any atom is 0.193 e. The molecule has 3 heteroatoms. The fourth-order valence-corrected chi connectivity index (χ4v) is 2.31. The van der Waals surface area contributed by atoms with Gasteiger partial charge in [0.15, 0.2) is 5.78 Å². The summed E-state index contributed by atoms with van der Waals surface area (Å²) in [6.45, 7) is 0. The molecule has 0 aliphatic rings. The molecule has 0 bridgehead atoms. The lowest BCUT2D eigenvalue weighted by Gasteiger charge is -2.25. The molecule has 0 aromatic heterocycles. The first-order chi connectivity index (χ1) is 9.77. The van der Waals surface area contributed by atoms with E-state index in [9.17, 15) is 4.79 Å². The van der Waals surface area contributed by atoms with E-state index >= 15 is 0 Å². The molecule has 2 aromatic rings. The van der Waals surface area contributed by atoms with Crippen LogP contribution in [0.25, 0.3) is 0 Å². The van der Waals surface area contributed by atoms with Crippen molar-refractivity contribution in [2.45, 2.75) is 12.1 Å². The van der Waals surface area contributed by atoms with Gasteiger partial charge in [-0.3, -0.25) is 4.79 Å². The van der Waals surface area contributed by atoms with E-state index in [1.165, 1.54) is 0 Å².